The van der Waals surface area contributed by atoms with Gasteiger partial charge in [0.25, 0.3) is 0 Å². The van der Waals surface area contributed by atoms with E-state index in [-0.39, 0.29) is 37.5 Å². The van der Waals surface area contributed by atoms with Gasteiger partial charge in [0.05, 0.1) is 0 Å². The maximum absolute atomic E-state index is 12.9. The lowest BCUT2D eigenvalue weighted by molar-refractivity contribution is -0.167. The van der Waals surface area contributed by atoms with E-state index in [1.807, 2.05) is 0 Å². The van der Waals surface area contributed by atoms with Gasteiger partial charge in [0, 0.05) is 19.3 Å². The second-order valence-corrected chi connectivity index (χ2v) is 22.7. The van der Waals surface area contributed by atoms with Gasteiger partial charge in [0.15, 0.2) is 6.10 Å². The van der Waals surface area contributed by atoms with Crippen molar-refractivity contribution in [3.63, 3.8) is 0 Å². The van der Waals surface area contributed by atoms with Gasteiger partial charge in [0.2, 0.25) is 0 Å². The molecule has 0 heterocycles. The Morgan fingerprint density at radius 1 is 0.253 bits per heavy atom. The smallest absolute Gasteiger partial charge is 0.306 e. The van der Waals surface area contributed by atoms with Crippen LogP contribution in [0.4, 0.5) is 0 Å². The molecule has 83 heavy (non-hydrogen) atoms. The molecule has 0 spiro atoms. The zero-order valence-corrected chi connectivity index (χ0v) is 54.2. The molecule has 0 N–H and O–H groups in total. The van der Waals surface area contributed by atoms with E-state index in [1.165, 1.54) is 141 Å². The molecule has 472 valence electrons. The topological polar surface area (TPSA) is 78.9 Å². The molecule has 0 radical (unpaired) electrons. The van der Waals surface area contributed by atoms with Crippen molar-refractivity contribution in [1.82, 2.24) is 0 Å². The highest BCUT2D eigenvalue weighted by Gasteiger charge is 2.19. The van der Waals surface area contributed by atoms with Gasteiger partial charge >= 0.3 is 17.9 Å². The van der Waals surface area contributed by atoms with Crippen LogP contribution in [-0.2, 0) is 28.6 Å². The van der Waals surface area contributed by atoms with Crippen molar-refractivity contribution in [1.29, 1.82) is 0 Å². The molecular weight excluding hydrogens is 1020 g/mol. The minimum Gasteiger partial charge on any atom is -0.462 e. The number of unbranched alkanes of at least 4 members (excludes halogenated alkanes) is 29. The SMILES string of the molecule is CC/C=C\C/C=C\C/C=C\C/C=C\C/C=C\C/C=C\C/C=C\CCCC(=O)OC(COC(=O)CCCCCCC/C=C\C/C=C\CCC)COC(=O)CCCCCCCCCCCCCCCCCCC/C=C\C/C=C\CCCCCCC. The van der Waals surface area contributed by atoms with Crippen molar-refractivity contribution < 1.29 is 28.6 Å². The van der Waals surface area contributed by atoms with Gasteiger partial charge in [0.1, 0.15) is 13.2 Å². The van der Waals surface area contributed by atoms with E-state index in [0.717, 1.165) is 128 Å². The number of carbonyl (C=O) groups excluding carboxylic acids is 3. The second kappa shape index (κ2) is 70.0. The van der Waals surface area contributed by atoms with Crippen LogP contribution in [-0.4, -0.2) is 37.2 Å². The van der Waals surface area contributed by atoms with Gasteiger partial charge < -0.3 is 14.2 Å². The van der Waals surface area contributed by atoms with E-state index >= 15 is 0 Å². The Morgan fingerprint density at radius 2 is 0.506 bits per heavy atom. The molecular formula is C77H128O6. The van der Waals surface area contributed by atoms with Crippen LogP contribution in [0.25, 0.3) is 0 Å². The number of hydrogen-bond donors (Lipinski definition) is 0. The number of allylic oxidation sites excluding steroid dienone is 22. The minimum absolute atomic E-state index is 0.108. The molecule has 0 aromatic carbocycles. The lowest BCUT2D eigenvalue weighted by atomic mass is 10.0. The van der Waals surface area contributed by atoms with Crippen LogP contribution in [0.15, 0.2) is 134 Å². The zero-order valence-electron chi connectivity index (χ0n) is 54.2. The molecule has 0 aromatic rings. The van der Waals surface area contributed by atoms with Gasteiger partial charge in [-0.3, -0.25) is 14.4 Å². The largest absolute Gasteiger partial charge is 0.462 e. The van der Waals surface area contributed by atoms with Crippen molar-refractivity contribution in [3.8, 4) is 0 Å². The number of rotatable bonds is 62. The van der Waals surface area contributed by atoms with E-state index in [1.54, 1.807) is 0 Å². The summed E-state index contributed by atoms with van der Waals surface area (Å²) in [5, 5.41) is 0. The number of carbonyl (C=O) groups is 3. The first-order valence-electron chi connectivity index (χ1n) is 34.7. The molecule has 6 nitrogen and oxygen atoms in total. The molecule has 0 fully saturated rings. The highest BCUT2D eigenvalue weighted by atomic mass is 16.6. The van der Waals surface area contributed by atoms with Crippen molar-refractivity contribution in [3.05, 3.63) is 134 Å². The summed E-state index contributed by atoms with van der Waals surface area (Å²) in [5.41, 5.74) is 0. The fourth-order valence-corrected chi connectivity index (χ4v) is 9.44. The Labute approximate surface area is 513 Å². The van der Waals surface area contributed by atoms with E-state index in [9.17, 15) is 14.4 Å². The van der Waals surface area contributed by atoms with E-state index in [2.05, 4.69) is 154 Å². The Hall–Kier alpha value is -4.45. The second-order valence-electron chi connectivity index (χ2n) is 22.7. The predicted octanol–water partition coefficient (Wildman–Crippen LogP) is 24.1. The van der Waals surface area contributed by atoms with Crippen LogP contribution in [0.5, 0.6) is 0 Å². The molecule has 1 atom stereocenters. The maximum Gasteiger partial charge on any atom is 0.306 e. The summed E-state index contributed by atoms with van der Waals surface area (Å²) in [6.45, 7) is 6.41. The third-order valence-electron chi connectivity index (χ3n) is 14.6. The molecule has 0 amide bonds. The molecule has 1 unspecified atom stereocenters. The summed E-state index contributed by atoms with van der Waals surface area (Å²) >= 11 is 0. The average molecular weight is 1150 g/mol. The minimum atomic E-state index is -0.820. The van der Waals surface area contributed by atoms with E-state index in [4.69, 9.17) is 14.2 Å². The summed E-state index contributed by atoms with van der Waals surface area (Å²) in [4.78, 5) is 38.4. The molecule has 0 rings (SSSR count). The summed E-state index contributed by atoms with van der Waals surface area (Å²) in [7, 11) is 0. The fourth-order valence-electron chi connectivity index (χ4n) is 9.44. The first kappa shape index (κ1) is 78.5. The van der Waals surface area contributed by atoms with E-state index < -0.39 is 6.10 Å². The Morgan fingerprint density at radius 3 is 0.819 bits per heavy atom. The van der Waals surface area contributed by atoms with Gasteiger partial charge in [-0.2, -0.15) is 0 Å². The highest BCUT2D eigenvalue weighted by Crippen LogP contribution is 2.16. The maximum atomic E-state index is 12.9. The Balaban J connectivity index is 4.35. The molecule has 0 aliphatic heterocycles. The van der Waals surface area contributed by atoms with Crippen molar-refractivity contribution in [2.75, 3.05) is 13.2 Å². The van der Waals surface area contributed by atoms with Gasteiger partial charge in [-0.15, -0.1) is 0 Å². The van der Waals surface area contributed by atoms with Crippen LogP contribution < -0.4 is 0 Å². The standard InChI is InChI=1S/C77H128O6/c1-4-7-10-13-16-19-22-25-27-29-31-33-35-36-37-38-39-40-42-43-45-47-49-52-55-58-61-64-67-70-76(79)82-73-74(72-81-75(78)69-66-63-60-57-54-51-24-21-18-15-12-9-6-3)83-77(80)71-68-65-62-59-56-53-50-48-46-44-41-34-32-30-28-26-23-20-17-14-11-8-5-2/h8,11-12,15,17,20-22,24-26,28-29,31-32,34,44,46,50,53,59,62,74H,4-7,9-10,13-14,16,18-19,23,27,30,33,35-43,45,47-49,51-52,54-58,60-61,63-73H2,1-3H3/b11-8-,15-12-,20-17-,24-21-,25-22-,28-26-,31-29-,34-32-,46-44-,53-50-,62-59-. The highest BCUT2D eigenvalue weighted by molar-refractivity contribution is 5.71. The molecule has 0 saturated carbocycles. The lowest BCUT2D eigenvalue weighted by Gasteiger charge is -2.18. The van der Waals surface area contributed by atoms with Crippen LogP contribution in [0, 0.1) is 0 Å². The monoisotopic (exact) mass is 1150 g/mol. The number of ether oxygens (including phenoxy) is 3. The summed E-state index contributed by atoms with van der Waals surface area (Å²) in [5.74, 6) is -0.977. The predicted molar refractivity (Wildman–Crippen MR) is 362 cm³/mol. The zero-order chi connectivity index (χ0) is 59.9. The molecule has 0 aliphatic rings. The van der Waals surface area contributed by atoms with Gasteiger partial charge in [-0.1, -0.05) is 302 Å². The molecule has 0 aliphatic carbocycles. The quantitative estimate of drug-likeness (QED) is 0.0261. The third kappa shape index (κ3) is 68.2. The summed E-state index contributed by atoms with van der Waals surface area (Å²) < 4.78 is 16.9. The lowest BCUT2D eigenvalue weighted by Crippen LogP contribution is -2.30. The molecule has 0 saturated heterocycles. The van der Waals surface area contributed by atoms with Crippen LogP contribution in [0.2, 0.25) is 0 Å². The normalized spacial score (nSPS) is 13.0. The van der Waals surface area contributed by atoms with Crippen LogP contribution >= 0.6 is 0 Å². The summed E-state index contributed by atoms with van der Waals surface area (Å²) in [6.07, 6.45) is 99.1. The molecule has 6 heteroatoms. The van der Waals surface area contributed by atoms with Crippen LogP contribution in [0.3, 0.4) is 0 Å². The van der Waals surface area contributed by atoms with Crippen LogP contribution in [0.1, 0.15) is 316 Å². The van der Waals surface area contributed by atoms with E-state index in [0.29, 0.717) is 19.3 Å². The molecule has 0 bridgehead atoms. The third-order valence-corrected chi connectivity index (χ3v) is 14.6. The first-order valence-corrected chi connectivity index (χ1v) is 34.7. The summed E-state index contributed by atoms with van der Waals surface area (Å²) in [6, 6.07) is 0. The number of esters is 3. The average Bonchev–Trinajstić information content (AvgIpc) is 3.49. The van der Waals surface area contributed by atoms with Gasteiger partial charge in [-0.25, -0.2) is 0 Å². The number of hydrogen-bond acceptors (Lipinski definition) is 6. The Bertz CT molecular complexity index is 1750. The van der Waals surface area contributed by atoms with Gasteiger partial charge in [-0.05, 0) is 128 Å². The van der Waals surface area contributed by atoms with Crippen molar-refractivity contribution >= 4 is 17.9 Å². The first-order chi connectivity index (χ1) is 41.0. The Kier molecular flexibility index (Phi) is 66.3. The fraction of sp³-hybridized carbons (Fsp3) is 0.675. The van der Waals surface area contributed by atoms with Crippen molar-refractivity contribution in [2.45, 2.75) is 322 Å². The molecule has 0 aromatic heterocycles. The van der Waals surface area contributed by atoms with Crippen molar-refractivity contribution in [2.24, 2.45) is 0 Å².